The van der Waals surface area contributed by atoms with Gasteiger partial charge in [-0.05, 0) is 78.6 Å². The van der Waals surface area contributed by atoms with Gasteiger partial charge in [0.15, 0.2) is 11.6 Å². The van der Waals surface area contributed by atoms with Crippen molar-refractivity contribution in [3.8, 4) is 6.07 Å². The number of hydrogen-bond donors (Lipinski definition) is 2. The summed E-state index contributed by atoms with van der Waals surface area (Å²) in [5.41, 5.74) is 2.20. The monoisotopic (exact) mass is 410 g/mol. The molecule has 1 atom stereocenters. The highest BCUT2D eigenvalue weighted by Gasteiger charge is 2.40. The Morgan fingerprint density at radius 2 is 1.97 bits per heavy atom. The number of aromatic nitrogens is 2. The molecule has 0 bridgehead atoms. The molecule has 6 nitrogen and oxygen atoms in total. The van der Waals surface area contributed by atoms with Gasteiger partial charge in [-0.1, -0.05) is 6.07 Å². The van der Waals surface area contributed by atoms with Crippen molar-refractivity contribution in [2.45, 2.75) is 71.0 Å². The van der Waals surface area contributed by atoms with Crippen LogP contribution in [-0.4, -0.2) is 39.0 Å². The predicted molar refractivity (Wildman–Crippen MR) is 118 cm³/mol. The van der Waals surface area contributed by atoms with Crippen molar-refractivity contribution in [1.82, 2.24) is 14.9 Å². The molecule has 1 aromatic heterocycles. The van der Waals surface area contributed by atoms with Gasteiger partial charge < -0.3 is 10.6 Å². The Kier molecular flexibility index (Phi) is 6.00. The molecule has 0 saturated carbocycles. The van der Waals surface area contributed by atoms with Gasteiger partial charge in [0.25, 0.3) is 0 Å². The van der Waals surface area contributed by atoms with Crippen LogP contribution in [-0.2, 0) is 0 Å². The lowest BCUT2D eigenvalue weighted by Gasteiger charge is -2.44. The van der Waals surface area contributed by atoms with E-state index in [9.17, 15) is 9.65 Å². The minimum atomic E-state index is -0.475. The van der Waals surface area contributed by atoms with Crippen LogP contribution in [0.4, 0.5) is 21.8 Å². The first-order valence-corrected chi connectivity index (χ1v) is 10.3. The molecule has 1 saturated heterocycles. The van der Waals surface area contributed by atoms with Gasteiger partial charge in [0.05, 0.1) is 17.8 Å². The molecule has 1 aliphatic rings. The quantitative estimate of drug-likeness (QED) is 0.739. The summed E-state index contributed by atoms with van der Waals surface area (Å²) in [4.78, 5) is 10.8. The largest absolute Gasteiger partial charge is 0.365 e. The number of hydrogen-bond acceptors (Lipinski definition) is 6. The van der Waals surface area contributed by atoms with Crippen molar-refractivity contribution in [3.63, 3.8) is 0 Å². The highest BCUT2D eigenvalue weighted by atomic mass is 19.1. The van der Waals surface area contributed by atoms with Crippen LogP contribution in [0.5, 0.6) is 0 Å². The van der Waals surface area contributed by atoms with Crippen molar-refractivity contribution in [2.75, 3.05) is 17.7 Å². The third-order valence-corrected chi connectivity index (χ3v) is 6.37. The van der Waals surface area contributed by atoms with Crippen molar-refractivity contribution >= 4 is 17.5 Å². The molecule has 0 radical (unpaired) electrons. The standard InChI is InChI=1S/C23H31FN6/c1-15-7-8-17(11-16(15)13-25)28-21-26-14-19(24)20(29-21)27-18-9-10-22(2,3)30(6)23(4,5)12-18/h7-8,11,14,18H,9-10,12H2,1-6H3,(H2,26,27,28,29). The first-order valence-electron chi connectivity index (χ1n) is 10.3. The molecule has 3 rings (SSSR count). The topological polar surface area (TPSA) is 76.9 Å². The van der Waals surface area contributed by atoms with Crippen molar-refractivity contribution in [2.24, 2.45) is 0 Å². The lowest BCUT2D eigenvalue weighted by Crippen LogP contribution is -2.52. The number of halogens is 1. The molecule has 160 valence electrons. The second kappa shape index (κ2) is 8.19. The fourth-order valence-electron chi connectivity index (χ4n) is 4.15. The minimum absolute atomic E-state index is 0.0299. The maximum absolute atomic E-state index is 14.5. The summed E-state index contributed by atoms with van der Waals surface area (Å²) in [5, 5.41) is 15.6. The first-order chi connectivity index (χ1) is 14.0. The lowest BCUT2D eigenvalue weighted by molar-refractivity contribution is 0.0488. The summed E-state index contributed by atoms with van der Waals surface area (Å²) in [6, 6.07) is 7.71. The van der Waals surface area contributed by atoms with Crippen LogP contribution in [0.2, 0.25) is 0 Å². The number of benzene rings is 1. The fourth-order valence-corrected chi connectivity index (χ4v) is 4.15. The van der Waals surface area contributed by atoms with E-state index in [1.165, 1.54) is 6.20 Å². The number of anilines is 3. The summed E-state index contributed by atoms with van der Waals surface area (Å²) in [5.74, 6) is 0.0112. The van der Waals surface area contributed by atoms with Crippen molar-refractivity contribution < 1.29 is 4.39 Å². The molecule has 1 unspecified atom stereocenters. The summed E-state index contributed by atoms with van der Waals surface area (Å²) in [7, 11) is 2.16. The molecular weight excluding hydrogens is 379 g/mol. The van der Waals surface area contributed by atoms with E-state index in [4.69, 9.17) is 0 Å². The smallest absolute Gasteiger partial charge is 0.229 e. The number of nitrogens with zero attached hydrogens (tertiary/aromatic N) is 4. The lowest BCUT2D eigenvalue weighted by atomic mass is 9.92. The maximum Gasteiger partial charge on any atom is 0.229 e. The Labute approximate surface area is 178 Å². The molecule has 2 N–H and O–H groups in total. The van der Waals surface area contributed by atoms with Crippen LogP contribution in [0.15, 0.2) is 24.4 Å². The Bertz CT molecular complexity index is 963. The Morgan fingerprint density at radius 3 is 2.67 bits per heavy atom. The van der Waals surface area contributed by atoms with E-state index in [0.717, 1.165) is 24.8 Å². The molecule has 2 aromatic rings. The molecule has 1 aliphatic heterocycles. The summed E-state index contributed by atoms with van der Waals surface area (Å²) in [6.07, 6.45) is 3.98. The van der Waals surface area contributed by atoms with Crippen molar-refractivity contribution in [3.05, 3.63) is 41.3 Å². The van der Waals surface area contributed by atoms with E-state index in [0.29, 0.717) is 11.3 Å². The zero-order valence-electron chi connectivity index (χ0n) is 18.7. The van der Waals surface area contributed by atoms with Crippen LogP contribution in [0.1, 0.15) is 58.1 Å². The third-order valence-electron chi connectivity index (χ3n) is 6.37. The number of rotatable bonds is 4. The number of likely N-dealkylation sites (tertiary alicyclic amines) is 1. The zero-order chi connectivity index (χ0) is 22.1. The summed E-state index contributed by atoms with van der Waals surface area (Å²) < 4.78 is 14.5. The second-order valence-electron chi connectivity index (χ2n) is 9.42. The summed E-state index contributed by atoms with van der Waals surface area (Å²) in [6.45, 7) is 10.8. The molecule has 30 heavy (non-hydrogen) atoms. The Morgan fingerprint density at radius 1 is 1.23 bits per heavy atom. The molecule has 0 spiro atoms. The molecule has 7 heteroatoms. The normalized spacial score (nSPS) is 20.8. The molecule has 1 aromatic carbocycles. The number of aryl methyl sites for hydroxylation is 1. The van der Waals surface area contributed by atoms with Crippen LogP contribution in [0.3, 0.4) is 0 Å². The molecular formula is C23H31FN6. The van der Waals surface area contributed by atoms with E-state index in [1.54, 1.807) is 6.07 Å². The highest BCUT2D eigenvalue weighted by Crippen LogP contribution is 2.36. The summed E-state index contributed by atoms with van der Waals surface area (Å²) >= 11 is 0. The van der Waals surface area contributed by atoms with Crippen LogP contribution >= 0.6 is 0 Å². The molecule has 2 heterocycles. The second-order valence-corrected chi connectivity index (χ2v) is 9.42. The number of nitriles is 1. The average Bonchev–Trinajstić information content (AvgIpc) is 2.76. The first kappa shape index (κ1) is 22.0. The molecule has 1 fully saturated rings. The Balaban J connectivity index is 1.80. The van der Waals surface area contributed by atoms with E-state index >= 15 is 0 Å². The van der Waals surface area contributed by atoms with Gasteiger partial charge in [-0.25, -0.2) is 9.37 Å². The Hall–Kier alpha value is -2.72. The van der Waals surface area contributed by atoms with Gasteiger partial charge in [0.2, 0.25) is 5.95 Å². The minimum Gasteiger partial charge on any atom is -0.365 e. The maximum atomic E-state index is 14.5. The molecule has 0 amide bonds. The van der Waals surface area contributed by atoms with Gasteiger partial charge in [-0.2, -0.15) is 10.2 Å². The van der Waals surface area contributed by atoms with Crippen LogP contribution in [0.25, 0.3) is 0 Å². The molecule has 0 aliphatic carbocycles. The SMILES string of the molecule is Cc1ccc(Nc2ncc(F)c(NC3CCC(C)(C)N(C)C(C)(C)C3)n2)cc1C#N. The van der Waals surface area contributed by atoms with Gasteiger partial charge >= 0.3 is 0 Å². The van der Waals surface area contributed by atoms with E-state index < -0.39 is 5.82 Å². The van der Waals surface area contributed by atoms with Gasteiger partial charge in [-0.3, -0.25) is 4.90 Å². The van der Waals surface area contributed by atoms with E-state index in [1.807, 2.05) is 19.1 Å². The van der Waals surface area contributed by atoms with E-state index in [2.05, 4.69) is 66.3 Å². The van der Waals surface area contributed by atoms with Gasteiger partial charge in [0, 0.05) is 22.8 Å². The predicted octanol–water partition coefficient (Wildman–Crippen LogP) is 4.99. The van der Waals surface area contributed by atoms with Gasteiger partial charge in [-0.15, -0.1) is 0 Å². The van der Waals surface area contributed by atoms with Crippen LogP contribution in [0, 0.1) is 24.1 Å². The van der Waals surface area contributed by atoms with E-state index in [-0.39, 0.29) is 28.9 Å². The number of nitrogens with one attached hydrogen (secondary N) is 2. The highest BCUT2D eigenvalue weighted by molar-refractivity contribution is 5.59. The van der Waals surface area contributed by atoms with Crippen molar-refractivity contribution in [1.29, 1.82) is 5.26 Å². The third kappa shape index (κ3) is 4.71. The zero-order valence-corrected chi connectivity index (χ0v) is 18.7. The average molecular weight is 411 g/mol. The fraction of sp³-hybridized carbons (Fsp3) is 0.522. The van der Waals surface area contributed by atoms with Gasteiger partial charge in [0.1, 0.15) is 0 Å². The van der Waals surface area contributed by atoms with Crippen LogP contribution < -0.4 is 10.6 Å².